The number of rotatable bonds is 11. The summed E-state index contributed by atoms with van der Waals surface area (Å²) >= 11 is 1.84. The molecular formula is C29H36IN5O11. The second kappa shape index (κ2) is 17.9. The number of nitrogens with one attached hydrogen (secondary N) is 3. The first-order chi connectivity index (χ1) is 22.0. The number of aliphatic hydroxyl groups excluding tert-OH is 2. The van der Waals surface area contributed by atoms with Gasteiger partial charge in [0.05, 0.1) is 48.8 Å². The number of amides is 1. The van der Waals surface area contributed by atoms with Crippen molar-refractivity contribution in [2.24, 2.45) is 0 Å². The van der Waals surface area contributed by atoms with Crippen LogP contribution in [0.2, 0.25) is 0 Å². The standard InChI is InChI=1S/C17H21N3O6.C12H15IN2O5/c1-3-7-25-13-8-15(26-14(13)10-21)20-9-12(16(23)19-17(20)24)5-4-6-18-11(2)22;1-2-3-19-8-4-10(20-9(8)6-16)15-5-7(13)11(17)14-12(15)18/h3,9,13-15,21H,1,6-8,10H2,2H3,(H,18,22)(H,19,23,24);2,5,8-10,16H,1,3-4,6H2,(H,14,17,18). The number of nitrogens with zero attached hydrogens (tertiary/aromatic N) is 2. The number of ether oxygens (including phenoxy) is 4. The summed E-state index contributed by atoms with van der Waals surface area (Å²) in [4.78, 5) is 62.4. The minimum Gasteiger partial charge on any atom is -0.394 e. The number of H-pyrrole nitrogens is 2. The summed E-state index contributed by atoms with van der Waals surface area (Å²) in [6.45, 7) is 8.73. The number of halogens is 1. The predicted octanol–water partition coefficient (Wildman–Crippen LogP) is -1.13. The lowest BCUT2D eigenvalue weighted by molar-refractivity contribution is -0.118. The van der Waals surface area contributed by atoms with Gasteiger partial charge < -0.3 is 34.5 Å². The van der Waals surface area contributed by atoms with Crippen LogP contribution in [0.1, 0.15) is 37.8 Å². The number of aromatic nitrogens is 4. The van der Waals surface area contributed by atoms with Crippen LogP contribution in [0.3, 0.4) is 0 Å². The number of carbonyl (C=O) groups is 1. The van der Waals surface area contributed by atoms with Crippen molar-refractivity contribution in [1.29, 1.82) is 0 Å². The van der Waals surface area contributed by atoms with Crippen molar-refractivity contribution in [3.05, 3.63) is 88.5 Å². The Hall–Kier alpha value is -3.64. The molecule has 2 aliphatic rings. The molecule has 6 unspecified atom stereocenters. The van der Waals surface area contributed by atoms with Crippen molar-refractivity contribution in [2.45, 2.75) is 56.6 Å². The third kappa shape index (κ3) is 9.93. The summed E-state index contributed by atoms with van der Waals surface area (Å²) in [6, 6.07) is 0. The van der Waals surface area contributed by atoms with Crippen molar-refractivity contribution in [3.8, 4) is 11.8 Å². The molecule has 1 amide bonds. The Morgan fingerprint density at radius 2 is 1.48 bits per heavy atom. The van der Waals surface area contributed by atoms with Gasteiger partial charge in [0.15, 0.2) is 0 Å². The fourth-order valence-corrected chi connectivity index (χ4v) is 5.01. The van der Waals surface area contributed by atoms with E-state index in [1.807, 2.05) is 22.6 Å². The van der Waals surface area contributed by atoms with E-state index in [0.717, 1.165) is 0 Å². The Morgan fingerprint density at radius 1 is 0.978 bits per heavy atom. The van der Waals surface area contributed by atoms with Gasteiger partial charge in [0, 0.05) is 32.2 Å². The molecule has 0 spiro atoms. The Labute approximate surface area is 276 Å². The van der Waals surface area contributed by atoms with Gasteiger partial charge in [-0.25, -0.2) is 9.59 Å². The molecule has 0 radical (unpaired) electrons. The van der Waals surface area contributed by atoms with Crippen molar-refractivity contribution < 1.29 is 34.0 Å². The van der Waals surface area contributed by atoms with E-state index < -0.39 is 53.3 Å². The molecule has 250 valence electrons. The van der Waals surface area contributed by atoms with E-state index in [9.17, 15) is 34.2 Å². The van der Waals surface area contributed by atoms with Gasteiger partial charge in [-0.3, -0.25) is 33.5 Å². The lowest BCUT2D eigenvalue weighted by Gasteiger charge is -2.15. The van der Waals surface area contributed by atoms with Gasteiger partial charge in [-0.1, -0.05) is 24.0 Å². The van der Waals surface area contributed by atoms with Crippen LogP contribution in [0.25, 0.3) is 0 Å². The van der Waals surface area contributed by atoms with E-state index in [1.54, 1.807) is 12.2 Å². The van der Waals surface area contributed by atoms with Gasteiger partial charge in [0.2, 0.25) is 5.91 Å². The zero-order valence-corrected chi connectivity index (χ0v) is 27.1. The smallest absolute Gasteiger partial charge is 0.330 e. The second-order valence-electron chi connectivity index (χ2n) is 9.98. The molecule has 2 fully saturated rings. The first-order valence-electron chi connectivity index (χ1n) is 14.1. The summed E-state index contributed by atoms with van der Waals surface area (Å²) in [5.41, 5.74) is -2.18. The average Bonchev–Trinajstić information content (AvgIpc) is 3.63. The number of carbonyl (C=O) groups excluding carboxylic acids is 1. The first-order valence-corrected chi connectivity index (χ1v) is 15.2. The molecule has 0 aliphatic carbocycles. The molecule has 4 heterocycles. The summed E-state index contributed by atoms with van der Waals surface area (Å²) in [7, 11) is 0. The minimum atomic E-state index is -0.706. The zero-order valence-electron chi connectivity index (χ0n) is 25.0. The third-order valence-corrected chi connectivity index (χ3v) is 7.51. The van der Waals surface area contributed by atoms with Crippen LogP contribution >= 0.6 is 22.6 Å². The quantitative estimate of drug-likeness (QED) is 0.105. The van der Waals surface area contributed by atoms with Crippen LogP contribution in [-0.2, 0) is 23.7 Å². The zero-order chi connectivity index (χ0) is 33.8. The van der Waals surface area contributed by atoms with Crippen LogP contribution in [0.5, 0.6) is 0 Å². The van der Waals surface area contributed by atoms with Gasteiger partial charge in [-0.15, -0.1) is 13.2 Å². The highest BCUT2D eigenvalue weighted by molar-refractivity contribution is 14.1. The van der Waals surface area contributed by atoms with Crippen molar-refractivity contribution in [1.82, 2.24) is 24.4 Å². The first kappa shape index (κ1) is 36.8. The molecule has 4 rings (SSSR count). The minimum absolute atomic E-state index is 0.0644. The van der Waals surface area contributed by atoms with E-state index in [-0.39, 0.29) is 43.9 Å². The van der Waals surface area contributed by atoms with Gasteiger partial charge in [0.1, 0.15) is 30.2 Å². The van der Waals surface area contributed by atoms with Gasteiger partial charge in [0.25, 0.3) is 11.1 Å². The molecule has 2 saturated heterocycles. The molecule has 2 aliphatic heterocycles. The topological polar surface area (TPSA) is 216 Å². The van der Waals surface area contributed by atoms with Crippen LogP contribution in [0.15, 0.2) is 56.9 Å². The number of hydrogen-bond donors (Lipinski definition) is 5. The van der Waals surface area contributed by atoms with E-state index in [2.05, 4.69) is 40.3 Å². The Kier molecular flexibility index (Phi) is 14.3. The van der Waals surface area contributed by atoms with Gasteiger partial charge in [-0.2, -0.15) is 0 Å². The van der Waals surface area contributed by atoms with Crippen LogP contribution in [-0.4, -0.2) is 92.6 Å². The van der Waals surface area contributed by atoms with Crippen LogP contribution in [0.4, 0.5) is 0 Å². The molecule has 5 N–H and O–H groups in total. The molecule has 46 heavy (non-hydrogen) atoms. The predicted molar refractivity (Wildman–Crippen MR) is 172 cm³/mol. The molecule has 0 bridgehead atoms. The lowest BCUT2D eigenvalue weighted by Crippen LogP contribution is -2.33. The normalized spacial score (nSPS) is 23.5. The molecule has 2 aromatic heterocycles. The van der Waals surface area contributed by atoms with E-state index in [1.165, 1.54) is 28.5 Å². The SMILES string of the molecule is C=CCOC1CC(n2cc(C#CCNC(C)=O)c(=O)[nH]c2=O)OC1CO.C=CCOC1CC(n2cc(I)c(=O)[nH]c2=O)OC1CO. The summed E-state index contributed by atoms with van der Waals surface area (Å²) < 4.78 is 25.2. The van der Waals surface area contributed by atoms with Gasteiger partial charge in [-0.05, 0) is 22.6 Å². The molecule has 17 heteroatoms. The third-order valence-electron chi connectivity index (χ3n) is 6.74. The highest BCUT2D eigenvalue weighted by Gasteiger charge is 2.38. The largest absolute Gasteiger partial charge is 0.394 e. The van der Waals surface area contributed by atoms with E-state index in [0.29, 0.717) is 23.0 Å². The summed E-state index contributed by atoms with van der Waals surface area (Å²) in [5, 5.41) is 21.2. The maximum absolute atomic E-state index is 12.1. The summed E-state index contributed by atoms with van der Waals surface area (Å²) in [6.07, 6.45) is 3.58. The Bertz CT molecular complexity index is 1670. The molecule has 0 aromatic carbocycles. The lowest BCUT2D eigenvalue weighted by atomic mass is 10.2. The number of hydrogen-bond acceptors (Lipinski definition) is 11. The highest BCUT2D eigenvalue weighted by Crippen LogP contribution is 2.30. The second-order valence-corrected chi connectivity index (χ2v) is 11.1. The fraction of sp³-hybridized carbons (Fsp3) is 0.483. The van der Waals surface area contributed by atoms with Crippen molar-refractivity contribution >= 4 is 28.5 Å². The van der Waals surface area contributed by atoms with E-state index in [4.69, 9.17) is 18.9 Å². The van der Waals surface area contributed by atoms with Crippen molar-refractivity contribution in [3.63, 3.8) is 0 Å². The van der Waals surface area contributed by atoms with Crippen LogP contribution < -0.4 is 27.8 Å². The van der Waals surface area contributed by atoms with Crippen molar-refractivity contribution in [2.75, 3.05) is 33.0 Å². The molecule has 6 atom stereocenters. The van der Waals surface area contributed by atoms with E-state index >= 15 is 0 Å². The highest BCUT2D eigenvalue weighted by atomic mass is 127. The number of aliphatic hydroxyl groups is 2. The Balaban J connectivity index is 0.000000259. The maximum Gasteiger partial charge on any atom is 0.330 e. The molecular weight excluding hydrogens is 721 g/mol. The Morgan fingerprint density at radius 3 is 1.96 bits per heavy atom. The number of aromatic amines is 2. The monoisotopic (exact) mass is 757 g/mol. The maximum atomic E-state index is 12.1. The fourth-order valence-electron chi connectivity index (χ4n) is 4.58. The molecule has 0 saturated carbocycles. The average molecular weight is 758 g/mol. The van der Waals surface area contributed by atoms with Crippen LogP contribution in [0, 0.1) is 15.4 Å². The molecule has 2 aromatic rings. The van der Waals surface area contributed by atoms with Gasteiger partial charge >= 0.3 is 11.4 Å². The summed E-state index contributed by atoms with van der Waals surface area (Å²) in [5.74, 6) is 5.01. The molecule has 16 nitrogen and oxygen atoms in total.